The lowest BCUT2D eigenvalue weighted by atomic mass is 10.1. The Labute approximate surface area is 158 Å². The van der Waals surface area contributed by atoms with E-state index in [4.69, 9.17) is 5.73 Å². The number of hydrogen-bond donors (Lipinski definition) is 2. The van der Waals surface area contributed by atoms with Gasteiger partial charge in [-0.2, -0.15) is 0 Å². The molecule has 0 saturated carbocycles. The maximum atomic E-state index is 12.7. The number of anilines is 1. The zero-order chi connectivity index (χ0) is 20.3. The Balaban J connectivity index is 1.86. The van der Waals surface area contributed by atoms with Crippen molar-refractivity contribution < 1.29 is 19.2 Å². The third kappa shape index (κ3) is 2.36. The van der Waals surface area contributed by atoms with Crippen LogP contribution in [-0.2, 0) is 0 Å². The number of carbonyl (C=O) groups is 4. The standard InChI is InChI=1S/C19H16N4O5/c1-8(2)7-22-18(27)10-4-3-9(5-11(10)19(22)28)23-13(24)6-12-14(15(23)20)17(26)21-16(12)25/h3-6,8H,7,20H2,1-2H3,(H,21,25,26). The first kappa shape index (κ1) is 17.7. The van der Waals surface area contributed by atoms with Crippen molar-refractivity contribution in [2.45, 2.75) is 13.8 Å². The number of nitrogens with two attached hydrogens (primary N) is 1. The Morgan fingerprint density at radius 2 is 1.61 bits per heavy atom. The van der Waals surface area contributed by atoms with Gasteiger partial charge in [-0.05, 0) is 24.1 Å². The summed E-state index contributed by atoms with van der Waals surface area (Å²) < 4.78 is 1.04. The summed E-state index contributed by atoms with van der Waals surface area (Å²) in [5, 5.41) is 2.09. The SMILES string of the molecule is CC(C)CN1C(=O)c2ccc(-n3c(N)c4c(cc3=O)C(=O)NC4=O)cc2C1=O. The Bertz CT molecular complexity index is 1160. The number of hydrogen-bond acceptors (Lipinski definition) is 6. The van der Waals surface area contributed by atoms with Crippen LogP contribution in [0.25, 0.3) is 5.69 Å². The van der Waals surface area contributed by atoms with Gasteiger partial charge in [-0.15, -0.1) is 0 Å². The lowest BCUT2D eigenvalue weighted by Crippen LogP contribution is -2.33. The number of amides is 4. The van der Waals surface area contributed by atoms with Crippen LogP contribution in [0.15, 0.2) is 29.1 Å². The van der Waals surface area contributed by atoms with Crippen LogP contribution in [0.1, 0.15) is 55.3 Å². The Morgan fingerprint density at radius 1 is 0.929 bits per heavy atom. The minimum atomic E-state index is -0.693. The maximum absolute atomic E-state index is 12.7. The lowest BCUT2D eigenvalue weighted by Gasteiger charge is -2.15. The van der Waals surface area contributed by atoms with E-state index in [1.807, 2.05) is 13.8 Å². The second-order valence-electron chi connectivity index (χ2n) is 7.12. The average Bonchev–Trinajstić information content (AvgIpc) is 3.03. The predicted octanol–water partition coefficient (Wildman–Crippen LogP) is 0.555. The van der Waals surface area contributed by atoms with Gasteiger partial charge in [-0.3, -0.25) is 38.8 Å². The Kier molecular flexibility index (Phi) is 3.71. The first-order valence-corrected chi connectivity index (χ1v) is 8.62. The molecule has 2 aliphatic rings. The number of nitrogens with one attached hydrogen (secondary N) is 1. The van der Waals surface area contributed by atoms with E-state index < -0.39 is 23.3 Å². The van der Waals surface area contributed by atoms with Crippen molar-refractivity contribution in [1.82, 2.24) is 14.8 Å². The van der Waals surface area contributed by atoms with Crippen molar-refractivity contribution in [3.63, 3.8) is 0 Å². The van der Waals surface area contributed by atoms with Crippen LogP contribution < -0.4 is 16.6 Å². The highest BCUT2D eigenvalue weighted by molar-refractivity contribution is 6.23. The average molecular weight is 380 g/mol. The summed E-state index contributed by atoms with van der Waals surface area (Å²) in [7, 11) is 0. The molecule has 28 heavy (non-hydrogen) atoms. The molecule has 3 N–H and O–H groups in total. The van der Waals surface area contributed by atoms with Gasteiger partial charge < -0.3 is 5.73 Å². The van der Waals surface area contributed by atoms with Gasteiger partial charge in [-0.1, -0.05) is 13.8 Å². The second kappa shape index (κ2) is 5.88. The third-order valence-corrected chi connectivity index (χ3v) is 4.71. The van der Waals surface area contributed by atoms with Crippen LogP contribution in [-0.4, -0.2) is 39.6 Å². The highest BCUT2D eigenvalue weighted by Gasteiger charge is 2.37. The van der Waals surface area contributed by atoms with Crippen molar-refractivity contribution in [1.29, 1.82) is 0 Å². The normalized spacial score (nSPS) is 15.3. The molecule has 2 aliphatic heterocycles. The van der Waals surface area contributed by atoms with Crippen LogP contribution in [0, 0.1) is 5.92 Å². The minimum Gasteiger partial charge on any atom is -0.384 e. The number of nitrogen functional groups attached to an aromatic ring is 1. The van der Waals surface area contributed by atoms with E-state index in [0.717, 1.165) is 10.6 Å². The number of fused-ring (bicyclic) bond motifs is 2. The van der Waals surface area contributed by atoms with Crippen LogP contribution in [0.4, 0.5) is 5.82 Å². The predicted molar refractivity (Wildman–Crippen MR) is 98.5 cm³/mol. The van der Waals surface area contributed by atoms with Crippen LogP contribution in [0.3, 0.4) is 0 Å². The Morgan fingerprint density at radius 3 is 2.29 bits per heavy atom. The zero-order valence-electron chi connectivity index (χ0n) is 15.1. The minimum absolute atomic E-state index is 0.0840. The molecule has 1 aromatic carbocycles. The number of rotatable bonds is 3. The molecule has 0 radical (unpaired) electrons. The van der Waals surface area contributed by atoms with Crippen molar-refractivity contribution in [2.24, 2.45) is 5.92 Å². The number of pyridine rings is 1. The summed E-state index contributed by atoms with van der Waals surface area (Å²) in [5.74, 6) is -2.32. The molecule has 0 fully saturated rings. The van der Waals surface area contributed by atoms with Gasteiger partial charge >= 0.3 is 0 Å². The molecule has 0 bridgehead atoms. The first-order valence-electron chi connectivity index (χ1n) is 8.62. The first-order chi connectivity index (χ1) is 13.2. The molecule has 1 aromatic heterocycles. The van der Waals surface area contributed by atoms with Gasteiger partial charge in [-0.25, -0.2) is 0 Å². The van der Waals surface area contributed by atoms with Crippen LogP contribution in [0.5, 0.6) is 0 Å². The van der Waals surface area contributed by atoms with Crippen LogP contribution in [0.2, 0.25) is 0 Å². The molecule has 4 rings (SSSR count). The molecule has 0 unspecified atom stereocenters. The molecule has 142 valence electrons. The van der Waals surface area contributed by atoms with Gasteiger partial charge in [0, 0.05) is 12.6 Å². The number of aromatic nitrogens is 1. The lowest BCUT2D eigenvalue weighted by molar-refractivity contribution is 0.0635. The summed E-state index contributed by atoms with van der Waals surface area (Å²) in [6.45, 7) is 4.07. The quantitative estimate of drug-likeness (QED) is 0.748. The molecule has 2 aromatic rings. The molecule has 4 amide bonds. The molecular weight excluding hydrogens is 364 g/mol. The number of benzene rings is 1. The molecule has 0 aliphatic carbocycles. The third-order valence-electron chi connectivity index (χ3n) is 4.71. The monoisotopic (exact) mass is 380 g/mol. The van der Waals surface area contributed by atoms with E-state index in [9.17, 15) is 24.0 Å². The van der Waals surface area contributed by atoms with Gasteiger partial charge in [0.15, 0.2) is 0 Å². The fourth-order valence-electron chi connectivity index (χ4n) is 3.49. The topological polar surface area (TPSA) is 132 Å². The van der Waals surface area contributed by atoms with Gasteiger partial charge in [0.1, 0.15) is 5.82 Å². The van der Waals surface area contributed by atoms with Crippen LogP contribution >= 0.6 is 0 Å². The molecule has 9 heteroatoms. The molecule has 0 spiro atoms. The van der Waals surface area contributed by atoms with E-state index in [0.29, 0.717) is 0 Å². The number of imide groups is 2. The van der Waals surface area contributed by atoms with E-state index >= 15 is 0 Å². The summed E-state index contributed by atoms with van der Waals surface area (Å²) in [4.78, 5) is 62.6. The van der Waals surface area contributed by atoms with Gasteiger partial charge in [0.2, 0.25) is 0 Å². The van der Waals surface area contributed by atoms with Crippen molar-refractivity contribution in [2.75, 3.05) is 12.3 Å². The second-order valence-corrected chi connectivity index (χ2v) is 7.12. The summed E-state index contributed by atoms with van der Waals surface area (Å²) in [6, 6.07) is 5.35. The molecule has 3 heterocycles. The maximum Gasteiger partial charge on any atom is 0.262 e. The van der Waals surface area contributed by atoms with Crippen molar-refractivity contribution >= 4 is 29.4 Å². The molecule has 9 nitrogen and oxygen atoms in total. The summed E-state index contributed by atoms with van der Waals surface area (Å²) in [5.41, 5.74) is 5.84. The van der Waals surface area contributed by atoms with Gasteiger partial charge in [0.05, 0.1) is 27.9 Å². The Hall–Kier alpha value is -3.75. The van der Waals surface area contributed by atoms with E-state index in [2.05, 4.69) is 5.32 Å². The molecule has 0 saturated heterocycles. The van der Waals surface area contributed by atoms with Gasteiger partial charge in [0.25, 0.3) is 29.2 Å². The van der Waals surface area contributed by atoms with E-state index in [1.54, 1.807) is 0 Å². The fourth-order valence-corrected chi connectivity index (χ4v) is 3.49. The largest absolute Gasteiger partial charge is 0.384 e. The van der Waals surface area contributed by atoms with E-state index in [-0.39, 0.29) is 52.1 Å². The van der Waals surface area contributed by atoms with Crippen molar-refractivity contribution in [3.05, 3.63) is 56.9 Å². The smallest absolute Gasteiger partial charge is 0.262 e. The zero-order valence-corrected chi connectivity index (χ0v) is 15.1. The highest BCUT2D eigenvalue weighted by Crippen LogP contribution is 2.28. The fraction of sp³-hybridized carbons (Fsp3) is 0.211. The van der Waals surface area contributed by atoms with Crippen molar-refractivity contribution in [3.8, 4) is 5.69 Å². The van der Waals surface area contributed by atoms with E-state index in [1.165, 1.54) is 23.1 Å². The summed E-state index contributed by atoms with van der Waals surface area (Å²) in [6.07, 6.45) is 0. The molecule has 0 atom stereocenters. The number of carbonyl (C=O) groups excluding carboxylic acids is 4. The summed E-state index contributed by atoms with van der Waals surface area (Å²) >= 11 is 0. The highest BCUT2D eigenvalue weighted by atomic mass is 16.2. The number of nitrogens with zero attached hydrogens (tertiary/aromatic N) is 2. The molecular formula is C19H16N4O5.